The maximum atomic E-state index is 12.7. The van der Waals surface area contributed by atoms with Gasteiger partial charge >= 0.3 is 0 Å². The Kier molecular flexibility index (Phi) is 7.50. The lowest BCUT2D eigenvalue weighted by atomic mass is 10.2. The molecule has 1 heterocycles. The van der Waals surface area contributed by atoms with E-state index in [9.17, 15) is 18.0 Å². The zero-order valence-corrected chi connectivity index (χ0v) is 18.1. The van der Waals surface area contributed by atoms with Crippen molar-refractivity contribution in [2.24, 2.45) is 0 Å². The van der Waals surface area contributed by atoms with Gasteiger partial charge in [0.05, 0.1) is 17.8 Å². The van der Waals surface area contributed by atoms with Crippen LogP contribution in [0, 0.1) is 0 Å². The van der Waals surface area contributed by atoms with E-state index >= 15 is 0 Å². The van der Waals surface area contributed by atoms with Crippen LogP contribution in [0.2, 0.25) is 0 Å². The highest BCUT2D eigenvalue weighted by molar-refractivity contribution is 7.92. The van der Waals surface area contributed by atoms with E-state index in [1.807, 2.05) is 6.92 Å². The van der Waals surface area contributed by atoms with Crippen molar-refractivity contribution in [1.82, 2.24) is 10.6 Å². The molecule has 10 heteroatoms. The summed E-state index contributed by atoms with van der Waals surface area (Å²) in [6, 6.07) is 15.3. The summed E-state index contributed by atoms with van der Waals surface area (Å²) in [4.78, 5) is 24.1. The smallest absolute Gasteiger partial charge is 0.287 e. The second kappa shape index (κ2) is 10.5. The number of sulfonamides is 1. The van der Waals surface area contributed by atoms with Gasteiger partial charge in [0.25, 0.3) is 21.8 Å². The molecule has 0 spiro atoms. The number of hydrogen-bond donors (Lipinski definition) is 3. The van der Waals surface area contributed by atoms with Gasteiger partial charge in [0.1, 0.15) is 5.75 Å². The van der Waals surface area contributed by atoms with Crippen LogP contribution in [0.15, 0.2) is 76.2 Å². The van der Waals surface area contributed by atoms with Gasteiger partial charge in [-0.25, -0.2) is 8.42 Å². The van der Waals surface area contributed by atoms with Crippen molar-refractivity contribution in [2.75, 3.05) is 24.4 Å². The highest BCUT2D eigenvalue weighted by Gasteiger charge is 2.17. The maximum Gasteiger partial charge on any atom is 0.287 e. The fourth-order valence-corrected chi connectivity index (χ4v) is 3.86. The molecule has 2 aromatic carbocycles. The highest BCUT2D eigenvalue weighted by atomic mass is 32.2. The minimum Gasteiger partial charge on any atom is -0.494 e. The van der Waals surface area contributed by atoms with E-state index < -0.39 is 21.8 Å². The number of nitrogens with one attached hydrogen (secondary N) is 3. The lowest BCUT2D eigenvalue weighted by Gasteiger charge is -2.11. The van der Waals surface area contributed by atoms with E-state index in [1.54, 1.807) is 30.3 Å². The summed E-state index contributed by atoms with van der Waals surface area (Å²) in [6.45, 7) is 2.71. The first-order valence-electron chi connectivity index (χ1n) is 9.84. The second-order valence-corrected chi connectivity index (χ2v) is 8.26. The Labute approximate surface area is 185 Å². The van der Waals surface area contributed by atoms with E-state index in [0.717, 1.165) is 0 Å². The molecular formula is C22H23N3O6S. The lowest BCUT2D eigenvalue weighted by Crippen LogP contribution is -2.34. The predicted molar refractivity (Wildman–Crippen MR) is 118 cm³/mol. The fourth-order valence-electron chi connectivity index (χ4n) is 2.75. The minimum absolute atomic E-state index is 0.0508. The van der Waals surface area contributed by atoms with E-state index in [0.29, 0.717) is 18.0 Å². The Morgan fingerprint density at radius 2 is 1.66 bits per heavy atom. The number of carbonyl (C=O) groups is 2. The Morgan fingerprint density at radius 3 is 2.31 bits per heavy atom. The topological polar surface area (TPSA) is 127 Å². The number of benzene rings is 2. The molecule has 3 aromatic rings. The average molecular weight is 458 g/mol. The monoisotopic (exact) mass is 457 g/mol. The number of hydrogen-bond acceptors (Lipinski definition) is 6. The van der Waals surface area contributed by atoms with Crippen LogP contribution in [0.4, 0.5) is 5.69 Å². The number of rotatable bonds is 10. The van der Waals surface area contributed by atoms with Crippen LogP contribution >= 0.6 is 0 Å². The summed E-state index contributed by atoms with van der Waals surface area (Å²) in [5.74, 6) is -0.0446. The summed E-state index contributed by atoms with van der Waals surface area (Å²) in [5, 5.41) is 5.24. The number of ether oxygens (including phenoxy) is 1. The average Bonchev–Trinajstić information content (AvgIpc) is 3.33. The Morgan fingerprint density at radius 1 is 0.938 bits per heavy atom. The van der Waals surface area contributed by atoms with Gasteiger partial charge < -0.3 is 19.8 Å². The third kappa shape index (κ3) is 6.11. The van der Waals surface area contributed by atoms with Crippen molar-refractivity contribution in [3.05, 3.63) is 78.3 Å². The van der Waals surface area contributed by atoms with E-state index in [4.69, 9.17) is 9.15 Å². The van der Waals surface area contributed by atoms with Gasteiger partial charge in [-0.2, -0.15) is 0 Å². The van der Waals surface area contributed by atoms with Crippen molar-refractivity contribution in [1.29, 1.82) is 0 Å². The Bertz CT molecular complexity index is 1160. The third-order valence-corrected chi connectivity index (χ3v) is 5.64. The molecule has 168 valence electrons. The van der Waals surface area contributed by atoms with E-state index in [-0.39, 0.29) is 29.3 Å². The molecule has 0 aliphatic rings. The van der Waals surface area contributed by atoms with Crippen LogP contribution in [0.25, 0.3) is 0 Å². The standard InChI is InChI=1S/C22H23N3O6S/c1-2-30-18-10-8-17(9-11-18)25-32(28,29)19-6-3-5-16(15-19)21(26)23-12-13-24-22(27)20-7-4-14-31-20/h3-11,14-15,25H,2,12-13H2,1H3,(H,23,26)(H,24,27). The predicted octanol–water partition coefficient (Wildman–Crippen LogP) is 2.64. The summed E-state index contributed by atoms with van der Waals surface area (Å²) in [7, 11) is -3.89. The number of furan rings is 1. The van der Waals surface area contributed by atoms with Gasteiger partial charge in [0.15, 0.2) is 5.76 Å². The zero-order chi connectivity index (χ0) is 23.0. The molecule has 0 saturated heterocycles. The first-order valence-corrected chi connectivity index (χ1v) is 11.3. The third-order valence-electron chi connectivity index (χ3n) is 4.27. The molecule has 3 rings (SSSR count). The number of carbonyl (C=O) groups excluding carboxylic acids is 2. The zero-order valence-electron chi connectivity index (χ0n) is 17.3. The van der Waals surface area contributed by atoms with Crippen LogP contribution < -0.4 is 20.1 Å². The minimum atomic E-state index is -3.89. The molecule has 0 aliphatic heterocycles. The summed E-state index contributed by atoms with van der Waals surface area (Å²) < 4.78 is 38.2. The van der Waals surface area contributed by atoms with Gasteiger partial charge in [-0.3, -0.25) is 14.3 Å². The first-order chi connectivity index (χ1) is 15.4. The molecule has 0 fully saturated rings. The van der Waals surface area contributed by atoms with E-state index in [1.165, 1.54) is 36.6 Å². The SMILES string of the molecule is CCOc1ccc(NS(=O)(=O)c2cccc(C(=O)NCCNC(=O)c3ccco3)c2)cc1. The lowest BCUT2D eigenvalue weighted by molar-refractivity contribution is 0.0910. The molecule has 0 aliphatic carbocycles. The van der Waals surface area contributed by atoms with Crippen molar-refractivity contribution in [2.45, 2.75) is 11.8 Å². The molecule has 0 saturated carbocycles. The molecule has 0 unspecified atom stereocenters. The molecule has 32 heavy (non-hydrogen) atoms. The van der Waals surface area contributed by atoms with Crippen LogP contribution in [0.1, 0.15) is 27.8 Å². The molecular weight excluding hydrogens is 434 g/mol. The largest absolute Gasteiger partial charge is 0.494 e. The molecule has 0 atom stereocenters. The molecule has 9 nitrogen and oxygen atoms in total. The molecule has 0 bridgehead atoms. The van der Waals surface area contributed by atoms with Gasteiger partial charge in [-0.1, -0.05) is 6.07 Å². The fraction of sp³-hybridized carbons (Fsp3) is 0.182. The van der Waals surface area contributed by atoms with Crippen LogP contribution in [0.5, 0.6) is 5.75 Å². The Hall–Kier alpha value is -3.79. The molecule has 2 amide bonds. The maximum absolute atomic E-state index is 12.7. The normalized spacial score (nSPS) is 10.9. The highest BCUT2D eigenvalue weighted by Crippen LogP contribution is 2.20. The van der Waals surface area contributed by atoms with Gasteiger partial charge in [0.2, 0.25) is 0 Å². The molecule has 0 radical (unpaired) electrons. The van der Waals surface area contributed by atoms with Crippen molar-refractivity contribution >= 4 is 27.5 Å². The van der Waals surface area contributed by atoms with Crippen molar-refractivity contribution in [3.63, 3.8) is 0 Å². The van der Waals surface area contributed by atoms with Crippen LogP contribution in [0.3, 0.4) is 0 Å². The summed E-state index contributed by atoms with van der Waals surface area (Å²) >= 11 is 0. The number of amides is 2. The summed E-state index contributed by atoms with van der Waals surface area (Å²) in [6.07, 6.45) is 1.39. The molecule has 3 N–H and O–H groups in total. The quantitative estimate of drug-likeness (QED) is 0.402. The number of anilines is 1. The van der Waals surface area contributed by atoms with Gasteiger partial charge in [0, 0.05) is 24.3 Å². The van der Waals surface area contributed by atoms with Crippen molar-refractivity contribution in [3.8, 4) is 5.75 Å². The second-order valence-electron chi connectivity index (χ2n) is 6.58. The van der Waals surface area contributed by atoms with Crippen molar-refractivity contribution < 1.29 is 27.2 Å². The first kappa shape index (κ1) is 22.9. The summed E-state index contributed by atoms with van der Waals surface area (Å²) in [5.41, 5.74) is 0.549. The van der Waals surface area contributed by atoms with E-state index in [2.05, 4.69) is 15.4 Å². The van der Waals surface area contributed by atoms with Crippen LogP contribution in [-0.4, -0.2) is 39.9 Å². The molecule has 1 aromatic heterocycles. The van der Waals surface area contributed by atoms with Gasteiger partial charge in [-0.15, -0.1) is 0 Å². The van der Waals surface area contributed by atoms with Crippen LogP contribution in [-0.2, 0) is 10.0 Å². The van der Waals surface area contributed by atoms with Gasteiger partial charge in [-0.05, 0) is 61.5 Å². The Balaban J connectivity index is 1.57.